The Labute approximate surface area is 105 Å². The smallest absolute Gasteiger partial charge is 0.258 e. The van der Waals surface area contributed by atoms with Gasteiger partial charge >= 0.3 is 0 Å². The van der Waals surface area contributed by atoms with E-state index in [1.807, 2.05) is 0 Å². The summed E-state index contributed by atoms with van der Waals surface area (Å²) in [6, 6.07) is 0. The molecule has 6 heteroatoms. The van der Waals surface area contributed by atoms with Crippen LogP contribution in [0.5, 0.6) is 0 Å². The van der Waals surface area contributed by atoms with E-state index in [1.54, 1.807) is 27.7 Å². The average molecular weight is 258 g/mol. The van der Waals surface area contributed by atoms with Crippen molar-refractivity contribution < 1.29 is 28.5 Å². The van der Waals surface area contributed by atoms with Gasteiger partial charge in [-0.25, -0.2) is 0 Å². The third-order valence-electron chi connectivity index (χ3n) is 3.32. The van der Waals surface area contributed by atoms with Crippen LogP contribution in [0.3, 0.4) is 0 Å². The molecule has 1 spiro atoms. The molecule has 0 aromatic carbocycles. The first kappa shape index (κ1) is 12.5. The highest BCUT2D eigenvalue weighted by Crippen LogP contribution is 2.41. The fraction of sp³-hybridized carbons (Fsp3) is 0.917. The van der Waals surface area contributed by atoms with Crippen molar-refractivity contribution in [2.45, 2.75) is 57.3 Å². The van der Waals surface area contributed by atoms with Gasteiger partial charge in [0.05, 0.1) is 6.61 Å². The van der Waals surface area contributed by atoms with Gasteiger partial charge in [-0.1, -0.05) is 0 Å². The molecule has 3 atom stereocenters. The van der Waals surface area contributed by atoms with Crippen molar-refractivity contribution in [3.05, 3.63) is 0 Å². The molecule has 0 N–H and O–H groups in total. The van der Waals surface area contributed by atoms with Gasteiger partial charge in [0, 0.05) is 0 Å². The quantitative estimate of drug-likeness (QED) is 0.633. The summed E-state index contributed by atoms with van der Waals surface area (Å²) in [6.07, 6.45) is -1.02. The van der Waals surface area contributed by atoms with E-state index in [9.17, 15) is 4.79 Å². The van der Waals surface area contributed by atoms with Crippen molar-refractivity contribution in [3.63, 3.8) is 0 Å². The predicted octanol–water partition coefficient (Wildman–Crippen LogP) is 0.585. The number of hydrogen-bond donors (Lipinski definition) is 0. The van der Waals surface area contributed by atoms with Gasteiger partial charge in [0.25, 0.3) is 5.79 Å². The summed E-state index contributed by atoms with van der Waals surface area (Å²) >= 11 is 0. The molecule has 18 heavy (non-hydrogen) atoms. The summed E-state index contributed by atoms with van der Waals surface area (Å²) < 4.78 is 27.9. The van der Waals surface area contributed by atoms with Crippen LogP contribution in [0.1, 0.15) is 27.7 Å². The van der Waals surface area contributed by atoms with Crippen molar-refractivity contribution in [2.24, 2.45) is 0 Å². The Bertz CT molecular complexity index is 388. The lowest BCUT2D eigenvalue weighted by Gasteiger charge is -2.35. The molecule has 3 fully saturated rings. The van der Waals surface area contributed by atoms with Crippen LogP contribution in [-0.4, -0.2) is 48.6 Å². The van der Waals surface area contributed by atoms with E-state index >= 15 is 0 Å². The van der Waals surface area contributed by atoms with Crippen molar-refractivity contribution in [2.75, 3.05) is 13.2 Å². The van der Waals surface area contributed by atoms with Crippen LogP contribution in [0, 0.1) is 0 Å². The van der Waals surface area contributed by atoms with Crippen LogP contribution in [0.4, 0.5) is 0 Å². The number of hydrogen-bond acceptors (Lipinski definition) is 6. The van der Waals surface area contributed by atoms with Crippen molar-refractivity contribution in [3.8, 4) is 0 Å². The van der Waals surface area contributed by atoms with Crippen LogP contribution in [0.25, 0.3) is 0 Å². The minimum absolute atomic E-state index is 0.0891. The summed E-state index contributed by atoms with van der Waals surface area (Å²) in [5.41, 5.74) is 0. The highest BCUT2D eigenvalue weighted by Gasteiger charge is 2.62. The maximum absolute atomic E-state index is 12.5. The van der Waals surface area contributed by atoms with Gasteiger partial charge in [-0.15, -0.1) is 0 Å². The largest absolute Gasteiger partial charge is 0.344 e. The first-order chi connectivity index (χ1) is 8.23. The molecule has 0 aromatic rings. The van der Waals surface area contributed by atoms with Crippen molar-refractivity contribution in [1.82, 2.24) is 0 Å². The minimum Gasteiger partial charge on any atom is -0.344 e. The second kappa shape index (κ2) is 3.52. The molecule has 6 nitrogen and oxygen atoms in total. The molecule has 0 bridgehead atoms. The van der Waals surface area contributed by atoms with Gasteiger partial charge in [0.2, 0.25) is 5.78 Å². The van der Waals surface area contributed by atoms with E-state index in [4.69, 9.17) is 23.7 Å². The Morgan fingerprint density at radius 3 is 2.39 bits per heavy atom. The number of carbonyl (C=O) groups is 1. The lowest BCUT2D eigenvalue weighted by Crippen LogP contribution is -2.58. The van der Waals surface area contributed by atoms with E-state index < -0.39 is 23.5 Å². The number of ether oxygens (including phenoxy) is 5. The number of Topliss-reactive ketones (excluding diaryl/α,β-unsaturated/α-hetero) is 1. The summed E-state index contributed by atoms with van der Waals surface area (Å²) in [6.45, 7) is 7.41. The Hall–Kier alpha value is -0.530. The van der Waals surface area contributed by atoms with E-state index in [1.165, 1.54) is 0 Å². The number of carbonyl (C=O) groups excluding carboxylic acids is 1. The maximum Gasteiger partial charge on any atom is 0.258 e. The Balaban J connectivity index is 1.84. The molecule has 0 radical (unpaired) electrons. The molecule has 0 aromatic heterocycles. The molecule has 0 saturated carbocycles. The number of ketones is 1. The normalized spacial score (nSPS) is 45.4. The number of fused-ring (bicyclic) bond motifs is 1. The molecule has 3 aliphatic rings. The van der Waals surface area contributed by atoms with E-state index in [0.29, 0.717) is 0 Å². The molecule has 3 heterocycles. The highest BCUT2D eigenvalue weighted by atomic mass is 16.8. The zero-order chi connectivity index (χ0) is 13.2. The summed E-state index contributed by atoms with van der Waals surface area (Å²) in [5.74, 6) is -3.18. The monoisotopic (exact) mass is 258 g/mol. The van der Waals surface area contributed by atoms with Crippen molar-refractivity contribution in [1.29, 1.82) is 0 Å². The van der Waals surface area contributed by atoms with Gasteiger partial charge in [-0.2, -0.15) is 0 Å². The Morgan fingerprint density at radius 1 is 1.06 bits per heavy atom. The fourth-order valence-electron chi connectivity index (χ4n) is 2.60. The Kier molecular flexibility index (Phi) is 2.44. The number of rotatable bonds is 0. The van der Waals surface area contributed by atoms with E-state index in [-0.39, 0.29) is 25.1 Å². The fourth-order valence-corrected chi connectivity index (χ4v) is 2.60. The first-order valence-corrected chi connectivity index (χ1v) is 6.11. The van der Waals surface area contributed by atoms with Crippen molar-refractivity contribution >= 4 is 5.78 Å². The molecule has 0 amide bonds. The third-order valence-corrected chi connectivity index (χ3v) is 3.32. The molecular weight excluding hydrogens is 240 g/mol. The van der Waals surface area contributed by atoms with Gasteiger partial charge in [-0.3, -0.25) is 4.79 Å². The topological polar surface area (TPSA) is 63.2 Å². The summed E-state index contributed by atoms with van der Waals surface area (Å²) in [7, 11) is 0. The summed E-state index contributed by atoms with van der Waals surface area (Å²) in [4.78, 5) is 12.5. The lowest BCUT2D eigenvalue weighted by atomic mass is 9.99. The maximum atomic E-state index is 12.5. The third kappa shape index (κ3) is 1.80. The molecule has 0 aliphatic carbocycles. The van der Waals surface area contributed by atoms with Crippen LogP contribution in [-0.2, 0) is 28.5 Å². The van der Waals surface area contributed by atoms with Crippen LogP contribution < -0.4 is 0 Å². The van der Waals surface area contributed by atoms with E-state index in [0.717, 1.165) is 0 Å². The van der Waals surface area contributed by atoms with Gasteiger partial charge in [-0.05, 0) is 27.7 Å². The summed E-state index contributed by atoms with van der Waals surface area (Å²) in [5, 5.41) is 0. The highest BCUT2D eigenvalue weighted by molar-refractivity contribution is 5.92. The predicted molar refractivity (Wildman–Crippen MR) is 58.6 cm³/mol. The molecule has 102 valence electrons. The SMILES string of the molecule is CC1(C)O[C@H]2COC3(COC(C)(C)O3)C(=O)[C@H]2O1. The molecule has 3 rings (SSSR count). The molecule has 3 aliphatic heterocycles. The van der Waals surface area contributed by atoms with Gasteiger partial charge in [0.1, 0.15) is 12.7 Å². The average Bonchev–Trinajstić information content (AvgIpc) is 2.71. The zero-order valence-corrected chi connectivity index (χ0v) is 11.0. The van der Waals surface area contributed by atoms with Gasteiger partial charge in [0.15, 0.2) is 17.7 Å². The molecule has 1 unspecified atom stereocenters. The van der Waals surface area contributed by atoms with Gasteiger partial charge < -0.3 is 23.7 Å². The van der Waals surface area contributed by atoms with E-state index in [2.05, 4.69) is 0 Å². The second-order valence-corrected chi connectivity index (χ2v) is 5.81. The molecular formula is C12H18O6. The lowest BCUT2D eigenvalue weighted by molar-refractivity contribution is -0.263. The first-order valence-electron chi connectivity index (χ1n) is 6.11. The van der Waals surface area contributed by atoms with Crippen LogP contribution in [0.15, 0.2) is 0 Å². The zero-order valence-electron chi connectivity index (χ0n) is 11.0. The molecule has 3 saturated heterocycles. The van der Waals surface area contributed by atoms with Crippen LogP contribution >= 0.6 is 0 Å². The standard InChI is InChI=1S/C12H18O6/c1-10(2)15-6-12(18-10)9(13)8-7(5-14-12)16-11(3,4)17-8/h7-8H,5-6H2,1-4H3/t7-,8-,12?/m0/s1. The minimum atomic E-state index is -1.34. The van der Waals surface area contributed by atoms with Crippen LogP contribution in [0.2, 0.25) is 0 Å². The second-order valence-electron chi connectivity index (χ2n) is 5.81. The Morgan fingerprint density at radius 2 is 1.78 bits per heavy atom.